The van der Waals surface area contributed by atoms with Crippen LogP contribution in [0.3, 0.4) is 0 Å². The fourth-order valence-electron chi connectivity index (χ4n) is 5.40. The molecule has 0 heterocycles. The predicted molar refractivity (Wildman–Crippen MR) is 75.9 cm³/mol. The molecule has 4 saturated carbocycles. The molecule has 0 spiro atoms. The highest BCUT2D eigenvalue weighted by Gasteiger charge is 2.63. The van der Waals surface area contributed by atoms with Crippen LogP contribution in [0.2, 0.25) is 0 Å². The maximum atomic E-state index is 13.6. The van der Waals surface area contributed by atoms with Gasteiger partial charge >= 0.3 is 11.2 Å². The summed E-state index contributed by atoms with van der Waals surface area (Å²) < 4.78 is 84.7. The van der Waals surface area contributed by atoms with Gasteiger partial charge in [-0.25, -0.2) is 8.42 Å². The van der Waals surface area contributed by atoms with Crippen LogP contribution in [0.15, 0.2) is 0 Å². The van der Waals surface area contributed by atoms with Gasteiger partial charge in [-0.1, -0.05) is 0 Å². The Morgan fingerprint density at radius 1 is 1.12 bits per heavy atom. The molecular formula is C15H19F4O5S-. The zero-order valence-electron chi connectivity index (χ0n) is 13.3. The summed E-state index contributed by atoms with van der Waals surface area (Å²) in [4.78, 5) is 12.5. The molecule has 4 aliphatic rings. The summed E-state index contributed by atoms with van der Waals surface area (Å²) >= 11 is 0. The number of alkyl halides is 4. The van der Waals surface area contributed by atoms with E-state index < -0.39 is 50.9 Å². The van der Waals surface area contributed by atoms with Crippen molar-refractivity contribution in [1.82, 2.24) is 0 Å². The van der Waals surface area contributed by atoms with Gasteiger partial charge in [-0.3, -0.25) is 4.79 Å². The second kappa shape index (κ2) is 5.39. The Balaban J connectivity index is 1.73. The van der Waals surface area contributed by atoms with Gasteiger partial charge in [0.05, 0.1) is 5.60 Å². The topological polar surface area (TPSA) is 94.5 Å². The van der Waals surface area contributed by atoms with E-state index in [1.807, 2.05) is 0 Å². The number of ketones is 1. The van der Waals surface area contributed by atoms with Gasteiger partial charge in [-0.2, -0.15) is 17.6 Å². The van der Waals surface area contributed by atoms with Crippen molar-refractivity contribution in [3.63, 3.8) is 0 Å². The SMILES string of the molecule is O=C(CCC(F)(F)C(F)(F)S(=O)(=O)[O-])C12CC3CC(CC(O)(C3)C1)C2. The average molecular weight is 387 g/mol. The minimum absolute atomic E-state index is 0.110. The van der Waals surface area contributed by atoms with Crippen molar-refractivity contribution in [3.05, 3.63) is 0 Å². The smallest absolute Gasteiger partial charge is 0.396 e. The molecule has 0 aromatic carbocycles. The molecule has 10 heteroatoms. The van der Waals surface area contributed by atoms with E-state index in [2.05, 4.69) is 0 Å². The molecule has 0 amide bonds. The summed E-state index contributed by atoms with van der Waals surface area (Å²) in [5, 5.41) is 4.78. The minimum atomic E-state index is -6.55. The Bertz CT molecular complexity index is 676. The lowest BCUT2D eigenvalue weighted by molar-refractivity contribution is -0.183. The fraction of sp³-hybridized carbons (Fsp3) is 0.933. The van der Waals surface area contributed by atoms with Gasteiger partial charge in [0.1, 0.15) is 5.78 Å². The maximum Gasteiger partial charge on any atom is 0.396 e. The van der Waals surface area contributed by atoms with Gasteiger partial charge in [-0.05, 0) is 50.4 Å². The molecule has 0 aromatic heterocycles. The number of Topliss-reactive ketones (excluding diaryl/α,β-unsaturated/α-hetero) is 1. The lowest BCUT2D eigenvalue weighted by atomic mass is 9.46. The van der Waals surface area contributed by atoms with Gasteiger partial charge in [0.25, 0.3) is 0 Å². The largest absolute Gasteiger partial charge is 0.743 e. The van der Waals surface area contributed by atoms with Crippen LogP contribution >= 0.6 is 0 Å². The summed E-state index contributed by atoms with van der Waals surface area (Å²) in [6.45, 7) is 0. The highest BCUT2D eigenvalue weighted by molar-refractivity contribution is 7.86. The second-order valence-electron chi connectivity index (χ2n) is 8.06. The molecule has 0 radical (unpaired) electrons. The number of carbonyl (C=O) groups is 1. The van der Waals surface area contributed by atoms with Crippen LogP contribution in [0.4, 0.5) is 17.6 Å². The molecule has 4 bridgehead atoms. The Morgan fingerprint density at radius 2 is 1.64 bits per heavy atom. The van der Waals surface area contributed by atoms with E-state index in [9.17, 15) is 40.4 Å². The van der Waals surface area contributed by atoms with Crippen LogP contribution in [0.25, 0.3) is 0 Å². The molecule has 25 heavy (non-hydrogen) atoms. The highest BCUT2D eigenvalue weighted by atomic mass is 32.2. The van der Waals surface area contributed by atoms with E-state index in [4.69, 9.17) is 0 Å². The minimum Gasteiger partial charge on any atom is -0.743 e. The zero-order valence-corrected chi connectivity index (χ0v) is 14.1. The third-order valence-electron chi connectivity index (χ3n) is 6.03. The van der Waals surface area contributed by atoms with E-state index in [-0.39, 0.29) is 18.3 Å². The molecule has 2 atom stereocenters. The summed E-state index contributed by atoms with van der Waals surface area (Å²) in [5.41, 5.74) is -2.01. The predicted octanol–water partition coefficient (Wildman–Crippen LogP) is 2.44. The monoisotopic (exact) mass is 387 g/mol. The van der Waals surface area contributed by atoms with Gasteiger partial charge < -0.3 is 9.66 Å². The van der Waals surface area contributed by atoms with Gasteiger partial charge in [0.2, 0.25) is 0 Å². The van der Waals surface area contributed by atoms with E-state index in [1.54, 1.807) is 0 Å². The Hall–Kier alpha value is -0.740. The third kappa shape index (κ3) is 2.99. The Labute approximate surface area is 142 Å². The fourth-order valence-corrected chi connectivity index (χ4v) is 5.87. The van der Waals surface area contributed by atoms with Gasteiger partial charge in [-0.15, -0.1) is 0 Å². The molecule has 0 aromatic rings. The number of aliphatic hydroxyl groups is 1. The van der Waals surface area contributed by atoms with Gasteiger partial charge in [0, 0.05) is 18.3 Å². The molecular weight excluding hydrogens is 368 g/mol. The molecule has 4 aliphatic carbocycles. The molecule has 0 aliphatic heterocycles. The molecule has 4 rings (SSSR count). The van der Waals surface area contributed by atoms with E-state index in [1.165, 1.54) is 0 Å². The van der Waals surface area contributed by atoms with Crippen LogP contribution < -0.4 is 0 Å². The number of hydrogen-bond donors (Lipinski definition) is 1. The summed E-state index contributed by atoms with van der Waals surface area (Å²) in [6, 6.07) is 0. The normalized spacial score (nSPS) is 38.2. The van der Waals surface area contributed by atoms with Crippen LogP contribution in [0.1, 0.15) is 51.4 Å². The number of carbonyl (C=O) groups excluding carboxylic acids is 1. The Morgan fingerprint density at radius 3 is 2.08 bits per heavy atom. The molecule has 1 N–H and O–H groups in total. The molecule has 2 unspecified atom stereocenters. The summed E-state index contributed by atoms with van der Waals surface area (Å²) in [7, 11) is -6.55. The van der Waals surface area contributed by atoms with Crippen molar-refractivity contribution >= 4 is 15.9 Å². The van der Waals surface area contributed by atoms with Gasteiger partial charge in [0.15, 0.2) is 10.1 Å². The van der Waals surface area contributed by atoms with Crippen molar-refractivity contribution in [2.75, 3.05) is 0 Å². The first kappa shape index (κ1) is 19.0. The summed E-state index contributed by atoms with van der Waals surface area (Å²) in [6.07, 6.45) is 0.318. The average Bonchev–Trinajstić information content (AvgIpc) is 2.40. The molecule has 4 fully saturated rings. The third-order valence-corrected chi connectivity index (χ3v) is 6.95. The lowest BCUT2D eigenvalue weighted by Crippen LogP contribution is -2.58. The molecule has 144 valence electrons. The van der Waals surface area contributed by atoms with Crippen molar-refractivity contribution in [3.8, 4) is 0 Å². The molecule has 0 saturated heterocycles. The summed E-state index contributed by atoms with van der Waals surface area (Å²) in [5.74, 6) is -5.56. The first-order valence-electron chi connectivity index (χ1n) is 8.17. The van der Waals surface area contributed by atoms with Crippen LogP contribution in [-0.4, -0.2) is 40.6 Å². The van der Waals surface area contributed by atoms with Crippen molar-refractivity contribution < 1.29 is 40.4 Å². The maximum absolute atomic E-state index is 13.6. The van der Waals surface area contributed by atoms with E-state index in [0.29, 0.717) is 25.7 Å². The first-order valence-corrected chi connectivity index (χ1v) is 9.57. The van der Waals surface area contributed by atoms with Crippen molar-refractivity contribution in [1.29, 1.82) is 0 Å². The Kier molecular flexibility index (Phi) is 4.10. The second-order valence-corrected chi connectivity index (χ2v) is 9.49. The van der Waals surface area contributed by atoms with Crippen LogP contribution in [-0.2, 0) is 14.9 Å². The lowest BCUT2D eigenvalue weighted by Gasteiger charge is -2.59. The van der Waals surface area contributed by atoms with Crippen LogP contribution in [0.5, 0.6) is 0 Å². The zero-order chi connectivity index (χ0) is 18.9. The quantitative estimate of drug-likeness (QED) is 0.558. The standard InChI is InChI=1S/C15H20F4O5S/c16-14(17,15(18,19)25(22,23)24)2-1-11(20)12-4-9-3-10(5-12)7-13(21,6-9)8-12/h9-10,21H,1-8H2,(H,22,23,24)/p-1. The highest BCUT2D eigenvalue weighted by Crippen LogP contribution is 2.62. The number of halogens is 4. The van der Waals surface area contributed by atoms with E-state index in [0.717, 1.165) is 6.42 Å². The van der Waals surface area contributed by atoms with Crippen molar-refractivity contribution in [2.45, 2.75) is 68.1 Å². The number of hydrogen-bond acceptors (Lipinski definition) is 5. The van der Waals surface area contributed by atoms with E-state index >= 15 is 0 Å². The first-order chi connectivity index (χ1) is 11.2. The number of rotatable bonds is 6. The molecule has 5 nitrogen and oxygen atoms in total. The van der Waals surface area contributed by atoms with Crippen LogP contribution in [0, 0.1) is 17.3 Å². The van der Waals surface area contributed by atoms with Crippen molar-refractivity contribution in [2.24, 2.45) is 17.3 Å².